The predicted molar refractivity (Wildman–Crippen MR) is 56.7 cm³/mol. The Kier molecular flexibility index (Phi) is 2.17. The van der Waals surface area contributed by atoms with Crippen molar-refractivity contribution in [2.75, 3.05) is 5.73 Å². The molecule has 0 aromatic carbocycles. The van der Waals surface area contributed by atoms with Crippen molar-refractivity contribution in [3.63, 3.8) is 0 Å². The van der Waals surface area contributed by atoms with Gasteiger partial charge in [0.05, 0.1) is 22.5 Å². The molecule has 0 amide bonds. The fraction of sp³-hybridized carbons (Fsp3) is 0. The summed E-state index contributed by atoms with van der Waals surface area (Å²) in [4.78, 5) is 5.85. The molecule has 0 spiro atoms. The Bertz CT molecular complexity index is 479. The highest BCUT2D eigenvalue weighted by Gasteiger charge is 2.02. The SMILES string of the molecule is N#Cc1ccc(-c2ccc(N)cn2)s1. The van der Waals surface area contributed by atoms with Crippen LogP contribution in [0, 0.1) is 11.3 Å². The first-order valence-electron chi connectivity index (χ1n) is 4.01. The highest BCUT2D eigenvalue weighted by atomic mass is 32.1. The van der Waals surface area contributed by atoms with Gasteiger partial charge in [0, 0.05) is 0 Å². The molecule has 2 aromatic heterocycles. The third-order valence-electron chi connectivity index (χ3n) is 1.76. The highest BCUT2D eigenvalue weighted by Crippen LogP contribution is 2.26. The standard InChI is InChI=1S/C10H7N3S/c11-5-8-2-4-10(14-8)9-3-1-7(12)6-13-9/h1-4,6H,12H2. The van der Waals surface area contributed by atoms with Crippen molar-refractivity contribution in [3.05, 3.63) is 35.3 Å². The lowest BCUT2D eigenvalue weighted by Crippen LogP contribution is -1.86. The molecule has 2 heterocycles. The molecule has 2 N–H and O–H groups in total. The highest BCUT2D eigenvalue weighted by molar-refractivity contribution is 7.15. The number of nitrogens with zero attached hydrogens (tertiary/aromatic N) is 2. The Morgan fingerprint density at radius 3 is 2.71 bits per heavy atom. The van der Waals surface area contributed by atoms with Gasteiger partial charge < -0.3 is 5.73 Å². The molecular weight excluding hydrogens is 194 g/mol. The Morgan fingerprint density at radius 1 is 1.29 bits per heavy atom. The largest absolute Gasteiger partial charge is 0.397 e. The van der Waals surface area contributed by atoms with Gasteiger partial charge in [-0.1, -0.05) is 0 Å². The molecule has 0 fully saturated rings. The van der Waals surface area contributed by atoms with E-state index in [1.54, 1.807) is 18.3 Å². The van der Waals surface area contributed by atoms with Gasteiger partial charge in [0.15, 0.2) is 0 Å². The second-order valence-corrected chi connectivity index (χ2v) is 3.84. The van der Waals surface area contributed by atoms with Crippen molar-refractivity contribution in [3.8, 4) is 16.6 Å². The van der Waals surface area contributed by atoms with E-state index in [9.17, 15) is 0 Å². The molecule has 0 aliphatic carbocycles. The smallest absolute Gasteiger partial charge is 0.110 e. The number of thiophene rings is 1. The number of anilines is 1. The third-order valence-corrected chi connectivity index (χ3v) is 2.77. The summed E-state index contributed by atoms with van der Waals surface area (Å²) in [6.45, 7) is 0. The maximum atomic E-state index is 8.66. The van der Waals surface area contributed by atoms with Crippen molar-refractivity contribution in [1.29, 1.82) is 5.26 Å². The molecule has 2 aromatic rings. The maximum Gasteiger partial charge on any atom is 0.110 e. The number of nitriles is 1. The first-order valence-corrected chi connectivity index (χ1v) is 4.83. The van der Waals surface area contributed by atoms with E-state index in [1.807, 2.05) is 12.1 Å². The predicted octanol–water partition coefficient (Wildman–Crippen LogP) is 2.26. The van der Waals surface area contributed by atoms with E-state index in [1.165, 1.54) is 11.3 Å². The Morgan fingerprint density at radius 2 is 2.14 bits per heavy atom. The van der Waals surface area contributed by atoms with Crippen LogP contribution in [0.1, 0.15) is 4.88 Å². The number of hydrogen-bond acceptors (Lipinski definition) is 4. The molecule has 0 unspecified atom stereocenters. The summed E-state index contributed by atoms with van der Waals surface area (Å²) in [7, 11) is 0. The lowest BCUT2D eigenvalue weighted by molar-refractivity contribution is 1.34. The summed E-state index contributed by atoms with van der Waals surface area (Å²) < 4.78 is 0. The van der Waals surface area contributed by atoms with Gasteiger partial charge in [0.25, 0.3) is 0 Å². The number of hydrogen-bond donors (Lipinski definition) is 1. The third kappa shape index (κ3) is 1.58. The number of nitrogens with two attached hydrogens (primary N) is 1. The Balaban J connectivity index is 2.40. The van der Waals surface area contributed by atoms with Gasteiger partial charge in [-0.2, -0.15) is 5.26 Å². The molecule has 14 heavy (non-hydrogen) atoms. The number of aromatic nitrogens is 1. The van der Waals surface area contributed by atoms with E-state index < -0.39 is 0 Å². The fourth-order valence-electron chi connectivity index (χ4n) is 1.09. The molecule has 2 rings (SSSR count). The molecule has 0 saturated carbocycles. The lowest BCUT2D eigenvalue weighted by atomic mass is 10.3. The minimum atomic E-state index is 0.644. The average molecular weight is 201 g/mol. The van der Waals surface area contributed by atoms with E-state index in [4.69, 9.17) is 11.0 Å². The van der Waals surface area contributed by atoms with Crippen molar-refractivity contribution < 1.29 is 0 Å². The van der Waals surface area contributed by atoms with Crippen LogP contribution >= 0.6 is 11.3 Å². The van der Waals surface area contributed by atoms with Gasteiger partial charge in [0.2, 0.25) is 0 Å². The number of nitrogen functional groups attached to an aromatic ring is 1. The van der Waals surface area contributed by atoms with Gasteiger partial charge in [0.1, 0.15) is 10.9 Å². The molecule has 0 bridgehead atoms. The molecule has 0 radical (unpaired) electrons. The Labute approximate surface area is 85.4 Å². The van der Waals surface area contributed by atoms with Crippen LogP contribution in [0.3, 0.4) is 0 Å². The topological polar surface area (TPSA) is 62.7 Å². The van der Waals surface area contributed by atoms with E-state index >= 15 is 0 Å². The minimum absolute atomic E-state index is 0.644. The number of rotatable bonds is 1. The molecule has 0 aliphatic heterocycles. The molecule has 3 nitrogen and oxygen atoms in total. The van der Waals surface area contributed by atoms with Crippen LogP contribution in [0.25, 0.3) is 10.6 Å². The van der Waals surface area contributed by atoms with Crippen molar-refractivity contribution >= 4 is 17.0 Å². The van der Waals surface area contributed by atoms with E-state index in [0.717, 1.165) is 10.6 Å². The van der Waals surface area contributed by atoms with Crippen LogP contribution in [0.15, 0.2) is 30.5 Å². The van der Waals surface area contributed by atoms with E-state index in [2.05, 4.69) is 11.1 Å². The second kappa shape index (κ2) is 3.48. The lowest BCUT2D eigenvalue weighted by Gasteiger charge is -1.95. The normalized spacial score (nSPS) is 9.64. The summed E-state index contributed by atoms with van der Waals surface area (Å²) in [5.41, 5.74) is 7.02. The van der Waals surface area contributed by atoms with Gasteiger partial charge in [-0.05, 0) is 24.3 Å². The molecule has 4 heteroatoms. The maximum absolute atomic E-state index is 8.66. The molecular formula is C10H7N3S. The van der Waals surface area contributed by atoms with Crippen LogP contribution in [0.2, 0.25) is 0 Å². The van der Waals surface area contributed by atoms with Gasteiger partial charge in [-0.25, -0.2) is 0 Å². The van der Waals surface area contributed by atoms with Gasteiger partial charge in [-0.3, -0.25) is 4.98 Å². The van der Waals surface area contributed by atoms with E-state index in [0.29, 0.717) is 10.6 Å². The zero-order valence-electron chi connectivity index (χ0n) is 7.27. The van der Waals surface area contributed by atoms with Crippen molar-refractivity contribution in [2.45, 2.75) is 0 Å². The molecule has 0 aliphatic rings. The fourth-order valence-corrected chi connectivity index (χ4v) is 1.87. The Hall–Kier alpha value is -1.86. The first kappa shape index (κ1) is 8.73. The van der Waals surface area contributed by atoms with Crippen LogP contribution in [-0.4, -0.2) is 4.98 Å². The van der Waals surface area contributed by atoms with E-state index in [-0.39, 0.29) is 0 Å². The van der Waals surface area contributed by atoms with Gasteiger partial charge >= 0.3 is 0 Å². The number of pyridine rings is 1. The zero-order chi connectivity index (χ0) is 9.97. The summed E-state index contributed by atoms with van der Waals surface area (Å²) in [6.07, 6.45) is 1.61. The zero-order valence-corrected chi connectivity index (χ0v) is 8.08. The van der Waals surface area contributed by atoms with Crippen molar-refractivity contribution in [2.24, 2.45) is 0 Å². The van der Waals surface area contributed by atoms with Crippen LogP contribution in [0.4, 0.5) is 5.69 Å². The average Bonchev–Trinajstić information content (AvgIpc) is 2.67. The second-order valence-electron chi connectivity index (χ2n) is 2.75. The molecule has 68 valence electrons. The van der Waals surface area contributed by atoms with Crippen molar-refractivity contribution in [1.82, 2.24) is 4.98 Å². The summed E-state index contributed by atoms with van der Waals surface area (Å²) in [6, 6.07) is 9.42. The summed E-state index contributed by atoms with van der Waals surface area (Å²) in [5, 5.41) is 8.66. The monoisotopic (exact) mass is 201 g/mol. The molecule has 0 saturated heterocycles. The van der Waals surface area contributed by atoms with Crippen LogP contribution in [-0.2, 0) is 0 Å². The minimum Gasteiger partial charge on any atom is -0.397 e. The summed E-state index contributed by atoms with van der Waals surface area (Å²) >= 11 is 1.43. The van der Waals surface area contributed by atoms with Crippen LogP contribution in [0.5, 0.6) is 0 Å². The van der Waals surface area contributed by atoms with Gasteiger partial charge in [-0.15, -0.1) is 11.3 Å². The summed E-state index contributed by atoms with van der Waals surface area (Å²) in [5.74, 6) is 0. The first-order chi connectivity index (χ1) is 6.79. The van der Waals surface area contributed by atoms with Crippen LogP contribution < -0.4 is 5.73 Å². The molecule has 0 atom stereocenters. The quantitative estimate of drug-likeness (QED) is 0.769.